The fourth-order valence-corrected chi connectivity index (χ4v) is 1.77. The van der Waals surface area contributed by atoms with Gasteiger partial charge < -0.3 is 9.84 Å². The summed E-state index contributed by atoms with van der Waals surface area (Å²) in [7, 11) is 1.54. The van der Waals surface area contributed by atoms with Gasteiger partial charge in [0, 0.05) is 7.05 Å². The van der Waals surface area contributed by atoms with Crippen LogP contribution in [0.25, 0.3) is 0 Å². The van der Waals surface area contributed by atoms with Crippen molar-refractivity contribution >= 4 is 5.69 Å². The zero-order chi connectivity index (χ0) is 14.2. The number of aromatic hydroxyl groups is 1. The van der Waals surface area contributed by atoms with Crippen molar-refractivity contribution in [3.63, 3.8) is 0 Å². The molecule has 0 radical (unpaired) electrons. The molecule has 2 aromatic rings. The summed E-state index contributed by atoms with van der Waals surface area (Å²) < 4.78 is 6.69. The highest BCUT2D eigenvalue weighted by molar-refractivity contribution is 5.50. The molecule has 0 bridgehead atoms. The van der Waals surface area contributed by atoms with Gasteiger partial charge in [0.25, 0.3) is 5.88 Å². The average molecular weight is 263 g/mol. The lowest BCUT2D eigenvalue weighted by Gasteiger charge is -2.07. The minimum absolute atomic E-state index is 0.0124. The van der Waals surface area contributed by atoms with Crippen LogP contribution in [0.1, 0.15) is 11.3 Å². The molecule has 0 saturated carbocycles. The van der Waals surface area contributed by atoms with Crippen LogP contribution < -0.4 is 4.74 Å². The zero-order valence-corrected chi connectivity index (χ0v) is 10.7. The van der Waals surface area contributed by atoms with E-state index in [1.54, 1.807) is 19.2 Å². The Kier molecular flexibility index (Phi) is 3.12. The topological polar surface area (TPSA) is 90.4 Å². The Morgan fingerprint density at radius 1 is 1.42 bits per heavy atom. The van der Waals surface area contributed by atoms with Crippen molar-refractivity contribution < 1.29 is 14.8 Å². The summed E-state index contributed by atoms with van der Waals surface area (Å²) >= 11 is 0. The molecule has 0 fully saturated rings. The van der Waals surface area contributed by atoms with Crippen molar-refractivity contribution in [2.24, 2.45) is 7.05 Å². The van der Waals surface area contributed by atoms with Crippen molar-refractivity contribution in [1.29, 1.82) is 0 Å². The van der Waals surface area contributed by atoms with Crippen LogP contribution in [-0.4, -0.2) is 19.8 Å². The number of hydrogen-bond donors (Lipinski definition) is 1. The Morgan fingerprint density at radius 2 is 2.11 bits per heavy atom. The smallest absolute Gasteiger partial charge is 0.353 e. The molecule has 1 aromatic carbocycles. The Hall–Kier alpha value is -2.57. The molecule has 100 valence electrons. The standard InChI is InChI=1S/C12H13N3O4/c1-7-4-5-10(9(16)6-7)19-12-11(15(17)18)8(2)13-14(12)3/h4-6,16H,1-3H3. The monoisotopic (exact) mass is 263 g/mol. The van der Waals surface area contributed by atoms with Gasteiger partial charge in [0.2, 0.25) is 0 Å². The van der Waals surface area contributed by atoms with Gasteiger partial charge in [-0.2, -0.15) is 5.10 Å². The molecule has 0 aliphatic rings. The first kappa shape index (κ1) is 12.9. The molecule has 1 heterocycles. The number of nitrogens with zero attached hydrogens (tertiary/aromatic N) is 3. The Bertz CT molecular complexity index is 649. The van der Waals surface area contributed by atoms with Crippen LogP contribution in [0.4, 0.5) is 5.69 Å². The van der Waals surface area contributed by atoms with Crippen LogP contribution in [0.5, 0.6) is 17.4 Å². The summed E-state index contributed by atoms with van der Waals surface area (Å²) in [5.41, 5.74) is 0.914. The van der Waals surface area contributed by atoms with Gasteiger partial charge in [0.05, 0.1) is 4.92 Å². The molecule has 7 heteroatoms. The first-order chi connectivity index (χ1) is 8.90. The molecule has 0 saturated heterocycles. The van der Waals surface area contributed by atoms with Gasteiger partial charge in [-0.15, -0.1) is 0 Å². The lowest BCUT2D eigenvalue weighted by atomic mass is 10.2. The molecular formula is C12H13N3O4. The third-order valence-electron chi connectivity index (χ3n) is 2.64. The Balaban J connectivity index is 2.46. The summed E-state index contributed by atoms with van der Waals surface area (Å²) in [5, 5.41) is 24.7. The minimum atomic E-state index is -0.553. The number of phenolic OH excluding ortho intramolecular Hbond substituents is 1. The van der Waals surface area contributed by atoms with E-state index in [2.05, 4.69) is 5.10 Å². The van der Waals surface area contributed by atoms with E-state index in [1.807, 2.05) is 6.92 Å². The van der Waals surface area contributed by atoms with Gasteiger partial charge in [0.1, 0.15) is 5.69 Å². The number of rotatable bonds is 3. The molecule has 0 amide bonds. The summed E-state index contributed by atoms with van der Waals surface area (Å²) in [4.78, 5) is 10.4. The number of aryl methyl sites for hydroxylation is 3. The number of ether oxygens (including phenoxy) is 1. The number of hydrogen-bond acceptors (Lipinski definition) is 5. The predicted octanol–water partition coefficient (Wildman–Crippen LogP) is 2.44. The number of aromatic nitrogens is 2. The minimum Gasteiger partial charge on any atom is -0.504 e. The molecule has 0 aliphatic heterocycles. The van der Waals surface area contributed by atoms with E-state index in [1.165, 1.54) is 17.7 Å². The van der Waals surface area contributed by atoms with E-state index < -0.39 is 4.92 Å². The van der Waals surface area contributed by atoms with E-state index in [0.29, 0.717) is 0 Å². The number of benzene rings is 1. The molecule has 0 unspecified atom stereocenters. The number of phenols is 1. The van der Waals surface area contributed by atoms with E-state index in [0.717, 1.165) is 5.56 Å². The van der Waals surface area contributed by atoms with Crippen LogP contribution in [0.3, 0.4) is 0 Å². The second kappa shape index (κ2) is 4.60. The molecular weight excluding hydrogens is 250 g/mol. The fourth-order valence-electron chi connectivity index (χ4n) is 1.77. The molecule has 1 aromatic heterocycles. The fraction of sp³-hybridized carbons (Fsp3) is 0.250. The Morgan fingerprint density at radius 3 is 2.68 bits per heavy atom. The zero-order valence-electron chi connectivity index (χ0n) is 10.7. The van der Waals surface area contributed by atoms with Crippen molar-refractivity contribution in [3.05, 3.63) is 39.6 Å². The largest absolute Gasteiger partial charge is 0.504 e. The highest BCUT2D eigenvalue weighted by Crippen LogP contribution is 2.37. The van der Waals surface area contributed by atoms with Gasteiger partial charge >= 0.3 is 5.69 Å². The summed E-state index contributed by atoms with van der Waals surface area (Å²) in [5.74, 6) is 0.0616. The third kappa shape index (κ3) is 2.35. The molecule has 19 heavy (non-hydrogen) atoms. The molecule has 2 rings (SSSR count). The highest BCUT2D eigenvalue weighted by atomic mass is 16.6. The quantitative estimate of drug-likeness (QED) is 0.678. The maximum absolute atomic E-state index is 11.0. The maximum atomic E-state index is 11.0. The molecule has 0 atom stereocenters. The van der Waals surface area contributed by atoms with Crippen LogP contribution in [-0.2, 0) is 7.05 Å². The Labute approximate surface area is 109 Å². The number of nitro groups is 1. The lowest BCUT2D eigenvalue weighted by Crippen LogP contribution is -1.97. The van der Waals surface area contributed by atoms with E-state index >= 15 is 0 Å². The van der Waals surface area contributed by atoms with Crippen molar-refractivity contribution in [3.8, 4) is 17.4 Å². The first-order valence-corrected chi connectivity index (χ1v) is 5.55. The van der Waals surface area contributed by atoms with Gasteiger partial charge in [-0.1, -0.05) is 6.07 Å². The predicted molar refractivity (Wildman–Crippen MR) is 67.5 cm³/mol. The van der Waals surface area contributed by atoms with Gasteiger partial charge in [-0.05, 0) is 31.5 Å². The lowest BCUT2D eigenvalue weighted by molar-refractivity contribution is -0.386. The van der Waals surface area contributed by atoms with Crippen molar-refractivity contribution in [2.45, 2.75) is 13.8 Å². The molecule has 0 aliphatic carbocycles. The molecule has 1 N–H and O–H groups in total. The molecule has 7 nitrogen and oxygen atoms in total. The SMILES string of the molecule is Cc1ccc(Oc2c([N+](=O)[O-])c(C)nn2C)c(O)c1. The second-order valence-electron chi connectivity index (χ2n) is 4.19. The van der Waals surface area contributed by atoms with Crippen LogP contribution in [0.2, 0.25) is 0 Å². The van der Waals surface area contributed by atoms with Gasteiger partial charge in [0.15, 0.2) is 11.5 Å². The molecule has 0 spiro atoms. The van der Waals surface area contributed by atoms with E-state index in [9.17, 15) is 15.2 Å². The van der Waals surface area contributed by atoms with Gasteiger partial charge in [-0.3, -0.25) is 10.1 Å². The summed E-state index contributed by atoms with van der Waals surface area (Å²) in [6.07, 6.45) is 0. The van der Waals surface area contributed by atoms with Crippen molar-refractivity contribution in [2.75, 3.05) is 0 Å². The van der Waals surface area contributed by atoms with Gasteiger partial charge in [-0.25, -0.2) is 4.68 Å². The summed E-state index contributed by atoms with van der Waals surface area (Å²) in [6.45, 7) is 3.35. The van der Waals surface area contributed by atoms with Crippen LogP contribution in [0, 0.1) is 24.0 Å². The van der Waals surface area contributed by atoms with Crippen LogP contribution >= 0.6 is 0 Å². The van der Waals surface area contributed by atoms with E-state index in [4.69, 9.17) is 4.74 Å². The van der Waals surface area contributed by atoms with Crippen LogP contribution in [0.15, 0.2) is 18.2 Å². The summed E-state index contributed by atoms with van der Waals surface area (Å²) in [6, 6.07) is 4.81. The highest BCUT2D eigenvalue weighted by Gasteiger charge is 2.26. The maximum Gasteiger partial charge on any atom is 0.353 e. The second-order valence-corrected chi connectivity index (χ2v) is 4.19. The third-order valence-corrected chi connectivity index (χ3v) is 2.64. The normalized spacial score (nSPS) is 10.5. The first-order valence-electron chi connectivity index (χ1n) is 5.55. The van der Waals surface area contributed by atoms with Crippen molar-refractivity contribution in [1.82, 2.24) is 9.78 Å². The average Bonchev–Trinajstić information content (AvgIpc) is 2.57. The van der Waals surface area contributed by atoms with E-state index in [-0.39, 0.29) is 28.8 Å².